The van der Waals surface area contributed by atoms with Crippen LogP contribution in [0.25, 0.3) is 0 Å². The molecule has 1 N–H and O–H groups in total. The second kappa shape index (κ2) is 7.50. The Morgan fingerprint density at radius 1 is 1.19 bits per heavy atom. The Labute approximate surface area is 159 Å². The van der Waals surface area contributed by atoms with Crippen molar-refractivity contribution in [1.29, 1.82) is 0 Å². The highest BCUT2D eigenvalue weighted by atomic mass is 35.5. The quantitative estimate of drug-likeness (QED) is 0.843. The van der Waals surface area contributed by atoms with Gasteiger partial charge in [0.05, 0.1) is 5.92 Å². The number of hydrogen-bond donors (Lipinski definition) is 1. The second-order valence-corrected chi connectivity index (χ2v) is 7.51. The zero-order valence-corrected chi connectivity index (χ0v) is 16.0. The van der Waals surface area contributed by atoms with E-state index in [-0.39, 0.29) is 24.2 Å². The van der Waals surface area contributed by atoms with Gasteiger partial charge in [0, 0.05) is 29.4 Å². The summed E-state index contributed by atoms with van der Waals surface area (Å²) in [5, 5.41) is 3.54. The number of amides is 2. The Morgan fingerprint density at radius 3 is 2.50 bits per heavy atom. The third kappa shape index (κ3) is 3.91. The summed E-state index contributed by atoms with van der Waals surface area (Å²) < 4.78 is 0. The minimum atomic E-state index is -0.368. The van der Waals surface area contributed by atoms with Crippen molar-refractivity contribution in [3.63, 3.8) is 0 Å². The molecule has 1 saturated heterocycles. The largest absolute Gasteiger partial charge is 0.326 e. The number of carbonyl (C=O) groups excluding carboxylic acids is 2. The van der Waals surface area contributed by atoms with Crippen molar-refractivity contribution in [3.8, 4) is 0 Å². The van der Waals surface area contributed by atoms with Crippen LogP contribution >= 0.6 is 11.6 Å². The number of nitrogens with zero attached hydrogens (tertiary/aromatic N) is 1. The highest BCUT2D eigenvalue weighted by Crippen LogP contribution is 2.29. The number of halogens is 1. The van der Waals surface area contributed by atoms with E-state index in [0.717, 1.165) is 16.9 Å². The minimum Gasteiger partial charge on any atom is -0.326 e. The molecular formula is C21H23ClN2O2. The summed E-state index contributed by atoms with van der Waals surface area (Å²) in [4.78, 5) is 26.6. The molecule has 1 atom stereocenters. The fourth-order valence-corrected chi connectivity index (χ4v) is 3.25. The average Bonchev–Trinajstić information content (AvgIpc) is 3.00. The van der Waals surface area contributed by atoms with Gasteiger partial charge in [-0.05, 0) is 48.2 Å². The van der Waals surface area contributed by atoms with Crippen molar-refractivity contribution in [3.05, 3.63) is 58.6 Å². The Bertz CT molecular complexity index is 830. The molecule has 2 amide bonds. The van der Waals surface area contributed by atoms with Crippen LogP contribution in [0.3, 0.4) is 0 Å². The molecule has 0 saturated carbocycles. The van der Waals surface area contributed by atoms with E-state index in [1.807, 2.05) is 43.3 Å². The zero-order chi connectivity index (χ0) is 18.8. The third-order valence-electron chi connectivity index (χ3n) is 4.81. The first kappa shape index (κ1) is 18.5. The Balaban J connectivity index is 1.67. The molecule has 136 valence electrons. The first-order chi connectivity index (χ1) is 12.3. The van der Waals surface area contributed by atoms with E-state index in [0.29, 0.717) is 17.5 Å². The van der Waals surface area contributed by atoms with Gasteiger partial charge in [0.1, 0.15) is 0 Å². The normalized spacial score (nSPS) is 17.0. The number of benzene rings is 2. The molecule has 0 bridgehead atoms. The lowest BCUT2D eigenvalue weighted by Crippen LogP contribution is -2.28. The van der Waals surface area contributed by atoms with Gasteiger partial charge in [0.2, 0.25) is 11.8 Å². The maximum absolute atomic E-state index is 12.6. The molecule has 0 aromatic heterocycles. The number of rotatable bonds is 4. The van der Waals surface area contributed by atoms with Crippen LogP contribution in [0.2, 0.25) is 5.02 Å². The Kier molecular flexibility index (Phi) is 5.33. The first-order valence-electron chi connectivity index (χ1n) is 8.82. The van der Waals surface area contributed by atoms with Gasteiger partial charge in [0.15, 0.2) is 0 Å². The van der Waals surface area contributed by atoms with Crippen molar-refractivity contribution >= 4 is 34.8 Å². The van der Waals surface area contributed by atoms with Crippen molar-refractivity contribution < 1.29 is 9.59 Å². The van der Waals surface area contributed by atoms with Gasteiger partial charge < -0.3 is 10.2 Å². The monoisotopic (exact) mass is 370 g/mol. The fourth-order valence-electron chi connectivity index (χ4n) is 3.08. The van der Waals surface area contributed by atoms with E-state index in [9.17, 15) is 9.59 Å². The summed E-state index contributed by atoms with van der Waals surface area (Å²) >= 11 is 6.16. The SMILES string of the molecule is Cc1ccc(N2C[C@@H](C(=O)Nc3ccc(C(C)C)cc3)CC2=O)cc1Cl. The standard InChI is InChI=1S/C21H23ClN2O2/c1-13(2)15-5-7-17(8-6-15)23-21(26)16-10-20(25)24(12-16)18-9-4-14(3)19(22)11-18/h4-9,11,13,16H,10,12H2,1-3H3,(H,23,26)/t16-/m0/s1. The smallest absolute Gasteiger partial charge is 0.229 e. The van der Waals surface area contributed by atoms with Crippen LogP contribution < -0.4 is 10.2 Å². The summed E-state index contributed by atoms with van der Waals surface area (Å²) in [5.74, 6) is -0.106. The predicted molar refractivity (Wildman–Crippen MR) is 106 cm³/mol. The van der Waals surface area contributed by atoms with Crippen molar-refractivity contribution in [2.75, 3.05) is 16.8 Å². The molecule has 3 rings (SSSR count). The van der Waals surface area contributed by atoms with E-state index in [1.54, 1.807) is 11.0 Å². The number of hydrogen-bond acceptors (Lipinski definition) is 2. The van der Waals surface area contributed by atoms with Gasteiger partial charge in [-0.25, -0.2) is 0 Å². The molecule has 0 unspecified atom stereocenters. The average molecular weight is 371 g/mol. The first-order valence-corrected chi connectivity index (χ1v) is 9.20. The lowest BCUT2D eigenvalue weighted by Gasteiger charge is -2.17. The van der Waals surface area contributed by atoms with Crippen LogP contribution in [-0.2, 0) is 9.59 Å². The zero-order valence-electron chi connectivity index (χ0n) is 15.3. The van der Waals surface area contributed by atoms with E-state index >= 15 is 0 Å². The molecule has 4 nitrogen and oxygen atoms in total. The third-order valence-corrected chi connectivity index (χ3v) is 5.22. The number of anilines is 2. The molecule has 1 fully saturated rings. The Hall–Kier alpha value is -2.33. The number of carbonyl (C=O) groups is 2. The summed E-state index contributed by atoms with van der Waals surface area (Å²) in [6, 6.07) is 13.4. The summed E-state index contributed by atoms with van der Waals surface area (Å²) in [6.45, 7) is 6.54. The molecule has 0 aliphatic carbocycles. The van der Waals surface area contributed by atoms with Crippen LogP contribution in [0.5, 0.6) is 0 Å². The van der Waals surface area contributed by atoms with E-state index in [2.05, 4.69) is 19.2 Å². The molecule has 1 heterocycles. The van der Waals surface area contributed by atoms with Crippen LogP contribution in [-0.4, -0.2) is 18.4 Å². The molecule has 1 aliphatic rings. The molecule has 0 spiro atoms. The van der Waals surface area contributed by atoms with Crippen LogP contribution in [0.15, 0.2) is 42.5 Å². The highest BCUT2D eigenvalue weighted by molar-refractivity contribution is 6.31. The van der Waals surface area contributed by atoms with Gasteiger partial charge >= 0.3 is 0 Å². The number of nitrogens with one attached hydrogen (secondary N) is 1. The van der Waals surface area contributed by atoms with Crippen LogP contribution in [0, 0.1) is 12.8 Å². The van der Waals surface area contributed by atoms with Gasteiger partial charge in [-0.1, -0.05) is 43.6 Å². The maximum atomic E-state index is 12.6. The summed E-state index contributed by atoms with van der Waals surface area (Å²) in [7, 11) is 0. The predicted octanol–water partition coefficient (Wildman–Crippen LogP) is 4.76. The van der Waals surface area contributed by atoms with Gasteiger partial charge in [-0.3, -0.25) is 9.59 Å². The van der Waals surface area contributed by atoms with Crippen molar-refractivity contribution in [2.45, 2.75) is 33.1 Å². The van der Waals surface area contributed by atoms with E-state index < -0.39 is 0 Å². The minimum absolute atomic E-state index is 0.0553. The van der Waals surface area contributed by atoms with Gasteiger partial charge in [0.25, 0.3) is 0 Å². The summed E-state index contributed by atoms with van der Waals surface area (Å²) in [5.41, 5.74) is 3.67. The van der Waals surface area contributed by atoms with Crippen LogP contribution in [0.4, 0.5) is 11.4 Å². The molecule has 1 aliphatic heterocycles. The molecule has 0 radical (unpaired) electrons. The molecular weight excluding hydrogens is 348 g/mol. The molecule has 2 aromatic carbocycles. The van der Waals surface area contributed by atoms with E-state index in [4.69, 9.17) is 11.6 Å². The number of aryl methyl sites for hydroxylation is 1. The van der Waals surface area contributed by atoms with Gasteiger partial charge in [-0.2, -0.15) is 0 Å². The van der Waals surface area contributed by atoms with Crippen molar-refractivity contribution in [1.82, 2.24) is 0 Å². The summed E-state index contributed by atoms with van der Waals surface area (Å²) in [6.07, 6.45) is 0.210. The fraction of sp³-hybridized carbons (Fsp3) is 0.333. The molecule has 2 aromatic rings. The van der Waals surface area contributed by atoms with E-state index in [1.165, 1.54) is 5.56 Å². The van der Waals surface area contributed by atoms with Gasteiger partial charge in [-0.15, -0.1) is 0 Å². The van der Waals surface area contributed by atoms with Crippen molar-refractivity contribution in [2.24, 2.45) is 5.92 Å². The lowest BCUT2D eigenvalue weighted by atomic mass is 10.0. The Morgan fingerprint density at radius 2 is 1.88 bits per heavy atom. The molecule has 5 heteroatoms. The van der Waals surface area contributed by atoms with Crippen LogP contribution in [0.1, 0.15) is 37.3 Å². The lowest BCUT2D eigenvalue weighted by molar-refractivity contribution is -0.122. The maximum Gasteiger partial charge on any atom is 0.229 e. The second-order valence-electron chi connectivity index (χ2n) is 7.10. The molecule has 26 heavy (non-hydrogen) atoms. The topological polar surface area (TPSA) is 49.4 Å². The highest BCUT2D eigenvalue weighted by Gasteiger charge is 2.35.